The van der Waals surface area contributed by atoms with Gasteiger partial charge in [0.1, 0.15) is 12.7 Å². The fourth-order valence-corrected chi connectivity index (χ4v) is 3.09. The first-order chi connectivity index (χ1) is 15.5. The summed E-state index contributed by atoms with van der Waals surface area (Å²) in [4.78, 5) is 59.4. The molecule has 5 atom stereocenters. The fraction of sp³-hybridized carbons (Fsp3) is 0.476. The summed E-state index contributed by atoms with van der Waals surface area (Å²) in [6, 6.07) is 5.87. The lowest BCUT2D eigenvalue weighted by atomic mass is 9.97. The number of carbonyl (C=O) groups excluding carboxylic acids is 5. The number of carbonyl (C=O) groups is 5. The summed E-state index contributed by atoms with van der Waals surface area (Å²) in [5.74, 6) is -3.73. The molecule has 11 nitrogen and oxygen atoms in total. The minimum atomic E-state index is -1.42. The first kappa shape index (κ1) is 23.2. The minimum Gasteiger partial charge on any atom is -0.463 e. The zero-order valence-electron chi connectivity index (χ0n) is 19.0. The highest BCUT2D eigenvalue weighted by molar-refractivity contribution is 5.94. The van der Waals surface area contributed by atoms with Crippen LogP contribution in [0.25, 0.3) is 0 Å². The zero-order valence-corrected chi connectivity index (χ0v) is 18.0. The average Bonchev–Trinajstić information content (AvgIpc) is 2.70. The van der Waals surface area contributed by atoms with Crippen LogP contribution in [0.2, 0.25) is 0 Å². The monoisotopic (exact) mass is 452 g/mol. The number of hydrogen-bond donors (Lipinski definition) is 1. The Morgan fingerprint density at radius 1 is 0.875 bits per heavy atom. The summed E-state index contributed by atoms with van der Waals surface area (Å²) >= 11 is 0. The second kappa shape index (κ2) is 11.2. The van der Waals surface area contributed by atoms with Crippen molar-refractivity contribution in [3.8, 4) is 0 Å². The highest BCUT2D eigenvalue weighted by Crippen LogP contribution is 2.28. The number of benzene rings is 1. The third kappa shape index (κ3) is 7.05. The number of amides is 1. The van der Waals surface area contributed by atoms with Gasteiger partial charge in [-0.05, 0) is 12.1 Å². The van der Waals surface area contributed by atoms with E-state index in [-0.39, 0.29) is 11.6 Å². The molecular formula is C21H25NO10. The van der Waals surface area contributed by atoms with E-state index in [1.54, 1.807) is 12.1 Å². The minimum absolute atomic E-state index is 0.00496. The molecule has 32 heavy (non-hydrogen) atoms. The molecular weight excluding hydrogens is 426 g/mol. The summed E-state index contributed by atoms with van der Waals surface area (Å²) < 4.78 is 34.5. The van der Waals surface area contributed by atoms with E-state index < -0.39 is 67.0 Å². The standard InChI is InChI=1S/C21H25NO10/c1-11(23)28-10-16-17(29-12(2)24)18(30-13(3)25)19(31-14(4)26)21(32-16)22-20(27)15-8-6-5-7-9-15/h5-9,16-19,21H,10H2,1-4H3,(H,22,27)/t16-,17-,18+,19-,21?/m1/s1/i8D. The molecule has 1 aliphatic heterocycles. The molecule has 0 bridgehead atoms. The van der Waals surface area contributed by atoms with Gasteiger partial charge in [-0.15, -0.1) is 0 Å². The first-order valence-electron chi connectivity index (χ1n) is 10.2. The number of esters is 4. The molecule has 1 fully saturated rings. The summed E-state index contributed by atoms with van der Waals surface area (Å²) in [6.07, 6.45) is -6.75. The Labute approximate surface area is 185 Å². The van der Waals surface area contributed by atoms with Crippen LogP contribution in [0.15, 0.2) is 30.3 Å². The van der Waals surface area contributed by atoms with Crippen molar-refractivity contribution in [1.29, 1.82) is 0 Å². The van der Waals surface area contributed by atoms with Crippen LogP contribution in [0.3, 0.4) is 0 Å². The molecule has 0 saturated carbocycles. The van der Waals surface area contributed by atoms with E-state index in [2.05, 4.69) is 5.32 Å². The second-order valence-corrected chi connectivity index (χ2v) is 6.87. The highest BCUT2D eigenvalue weighted by atomic mass is 16.7. The van der Waals surface area contributed by atoms with E-state index in [0.717, 1.165) is 27.7 Å². The Morgan fingerprint density at radius 2 is 1.47 bits per heavy atom. The summed E-state index contributed by atoms with van der Waals surface area (Å²) in [7, 11) is 0. The summed E-state index contributed by atoms with van der Waals surface area (Å²) in [6.45, 7) is 4.02. The SMILES string of the molecule is [2H]c1ccccc1C(=O)NC1O[C@H](COC(C)=O)[C@@H](OC(C)=O)[C@H](OC(C)=O)[C@H]1OC(C)=O. The maximum Gasteiger partial charge on any atom is 0.303 e. The average molecular weight is 452 g/mol. The van der Waals surface area contributed by atoms with Gasteiger partial charge in [0.25, 0.3) is 5.91 Å². The molecule has 1 saturated heterocycles. The van der Waals surface area contributed by atoms with E-state index >= 15 is 0 Å². The quantitative estimate of drug-likeness (QED) is 0.459. The van der Waals surface area contributed by atoms with E-state index in [1.807, 2.05) is 0 Å². The molecule has 1 aliphatic rings. The van der Waals surface area contributed by atoms with Crippen molar-refractivity contribution in [2.45, 2.75) is 58.3 Å². The molecule has 0 spiro atoms. The largest absolute Gasteiger partial charge is 0.463 e. The molecule has 0 radical (unpaired) electrons. The molecule has 0 aliphatic carbocycles. The number of hydrogen-bond acceptors (Lipinski definition) is 10. The molecule has 2 rings (SSSR count). The van der Waals surface area contributed by atoms with Crippen LogP contribution in [-0.4, -0.2) is 67.0 Å². The molecule has 1 N–H and O–H groups in total. The van der Waals surface area contributed by atoms with Crippen molar-refractivity contribution in [3.05, 3.63) is 35.9 Å². The van der Waals surface area contributed by atoms with Crippen LogP contribution in [-0.2, 0) is 42.9 Å². The molecule has 11 heteroatoms. The number of nitrogens with one attached hydrogen (secondary N) is 1. The van der Waals surface area contributed by atoms with Gasteiger partial charge in [-0.2, -0.15) is 0 Å². The Kier molecular flexibility index (Phi) is 8.14. The Bertz CT molecular complexity index is 920. The number of rotatable bonds is 7. The van der Waals surface area contributed by atoms with E-state index in [4.69, 9.17) is 25.1 Å². The predicted molar refractivity (Wildman–Crippen MR) is 106 cm³/mol. The maximum absolute atomic E-state index is 12.8. The van der Waals surface area contributed by atoms with Crippen LogP contribution in [0.4, 0.5) is 0 Å². The highest BCUT2D eigenvalue weighted by Gasteiger charge is 2.52. The lowest BCUT2D eigenvalue weighted by molar-refractivity contribution is -0.255. The van der Waals surface area contributed by atoms with Crippen LogP contribution >= 0.6 is 0 Å². The van der Waals surface area contributed by atoms with Gasteiger partial charge in [-0.25, -0.2) is 0 Å². The zero-order chi connectivity index (χ0) is 24.7. The van der Waals surface area contributed by atoms with Crippen molar-refractivity contribution in [1.82, 2.24) is 5.32 Å². The molecule has 1 aromatic rings. The van der Waals surface area contributed by atoms with Gasteiger partial charge in [0, 0.05) is 33.3 Å². The Morgan fingerprint density at radius 3 is 2.03 bits per heavy atom. The van der Waals surface area contributed by atoms with E-state index in [1.165, 1.54) is 12.1 Å². The van der Waals surface area contributed by atoms with Crippen molar-refractivity contribution in [2.24, 2.45) is 0 Å². The van der Waals surface area contributed by atoms with Crippen molar-refractivity contribution in [2.75, 3.05) is 6.61 Å². The second-order valence-electron chi connectivity index (χ2n) is 6.87. The maximum atomic E-state index is 12.8. The van der Waals surface area contributed by atoms with Crippen molar-refractivity contribution < 1.29 is 49.0 Å². The van der Waals surface area contributed by atoms with Gasteiger partial charge in [0.05, 0.1) is 1.37 Å². The van der Waals surface area contributed by atoms with Crippen LogP contribution in [0.1, 0.15) is 39.4 Å². The smallest absolute Gasteiger partial charge is 0.303 e. The molecule has 1 amide bonds. The topological polar surface area (TPSA) is 144 Å². The Balaban J connectivity index is 2.45. The summed E-state index contributed by atoms with van der Waals surface area (Å²) in [5, 5.41) is 2.50. The van der Waals surface area contributed by atoms with Crippen molar-refractivity contribution in [3.63, 3.8) is 0 Å². The van der Waals surface area contributed by atoms with Gasteiger partial charge in [0.2, 0.25) is 0 Å². The van der Waals surface area contributed by atoms with Crippen molar-refractivity contribution >= 4 is 29.8 Å². The number of ether oxygens (including phenoxy) is 5. The van der Waals surface area contributed by atoms with E-state index in [0.29, 0.717) is 0 Å². The fourth-order valence-electron chi connectivity index (χ4n) is 3.09. The van der Waals surface area contributed by atoms with Gasteiger partial charge in [0.15, 0.2) is 24.5 Å². The van der Waals surface area contributed by atoms with E-state index in [9.17, 15) is 24.0 Å². The molecule has 1 unspecified atom stereocenters. The third-order valence-electron chi connectivity index (χ3n) is 4.22. The Hall–Kier alpha value is -3.47. The molecule has 1 aromatic carbocycles. The third-order valence-corrected chi connectivity index (χ3v) is 4.22. The van der Waals surface area contributed by atoms with Crippen LogP contribution in [0, 0.1) is 0 Å². The van der Waals surface area contributed by atoms with Gasteiger partial charge in [-0.3, -0.25) is 24.0 Å². The molecule has 1 heterocycles. The molecule has 0 aromatic heterocycles. The van der Waals surface area contributed by atoms with Gasteiger partial charge in [-0.1, -0.05) is 18.2 Å². The van der Waals surface area contributed by atoms with Gasteiger partial charge >= 0.3 is 23.9 Å². The predicted octanol–water partition coefficient (Wildman–Crippen LogP) is 0.499. The normalized spacial score (nSPS) is 25.0. The summed E-state index contributed by atoms with van der Waals surface area (Å²) in [5.41, 5.74) is 0.00496. The van der Waals surface area contributed by atoms with Crippen LogP contribution in [0.5, 0.6) is 0 Å². The lowest BCUT2D eigenvalue weighted by Crippen LogP contribution is -2.66. The molecule has 174 valence electrons. The van der Waals surface area contributed by atoms with Gasteiger partial charge < -0.3 is 29.0 Å². The first-order valence-corrected chi connectivity index (χ1v) is 9.66. The van der Waals surface area contributed by atoms with Crippen LogP contribution < -0.4 is 5.32 Å². The lowest BCUT2D eigenvalue weighted by Gasteiger charge is -2.44.